The van der Waals surface area contributed by atoms with Crippen LogP contribution in [-0.2, 0) is 12.6 Å². The van der Waals surface area contributed by atoms with Crippen LogP contribution in [0.25, 0.3) is 9.75 Å². The van der Waals surface area contributed by atoms with Gasteiger partial charge in [0, 0.05) is 0 Å². The quantitative estimate of drug-likeness (QED) is 0.270. The summed E-state index contributed by atoms with van der Waals surface area (Å²) in [5, 5.41) is 2.18. The van der Waals surface area contributed by atoms with Gasteiger partial charge in [-0.3, -0.25) is 0 Å². The number of hydrogen-bond acceptors (Lipinski definition) is 5. The average molecular weight is 553 g/mol. The predicted octanol–water partition coefficient (Wildman–Crippen LogP) is 6.46. The maximum absolute atomic E-state index is 12.8. The van der Waals surface area contributed by atoms with Crippen LogP contribution in [0.15, 0.2) is 53.9 Å². The summed E-state index contributed by atoms with van der Waals surface area (Å²) in [4.78, 5) is 1.79. The Morgan fingerprint density at radius 1 is 1.04 bits per heavy atom. The molecular formula is C15H9ClF3IO3S3. The number of rotatable bonds is 5. The van der Waals surface area contributed by atoms with E-state index in [0.717, 1.165) is 9.75 Å². The molecule has 2 aromatic heterocycles. The van der Waals surface area contributed by atoms with E-state index in [1.807, 2.05) is 17.5 Å². The second-order valence-corrected chi connectivity index (χ2v) is 14.3. The van der Waals surface area contributed by atoms with Crippen LogP contribution in [-0.4, -0.2) is 13.9 Å². The fourth-order valence-electron chi connectivity index (χ4n) is 1.82. The Kier molecular flexibility index (Phi) is 5.99. The van der Waals surface area contributed by atoms with Crippen molar-refractivity contribution >= 4 is 64.6 Å². The molecule has 3 rings (SSSR count). The number of benzene rings is 1. The van der Waals surface area contributed by atoms with Crippen LogP contribution in [0.5, 0.6) is 0 Å². The molecule has 0 N–H and O–H groups in total. The summed E-state index contributed by atoms with van der Waals surface area (Å²) in [7, 11) is -5.71. The molecule has 26 heavy (non-hydrogen) atoms. The minimum atomic E-state index is -5.71. The Bertz CT molecular complexity index is 1000. The van der Waals surface area contributed by atoms with E-state index in [0.29, 0.717) is 11.5 Å². The van der Waals surface area contributed by atoms with E-state index < -0.39 is 35.9 Å². The van der Waals surface area contributed by atoms with Crippen molar-refractivity contribution in [1.82, 2.24) is 0 Å². The van der Waals surface area contributed by atoms with Gasteiger partial charge in [0.1, 0.15) is 0 Å². The molecule has 0 saturated carbocycles. The summed E-state index contributed by atoms with van der Waals surface area (Å²) >= 11 is 5.27. The molecule has 0 spiro atoms. The van der Waals surface area contributed by atoms with Crippen molar-refractivity contribution in [3.05, 3.63) is 65.4 Å². The Hall–Kier alpha value is -0.660. The molecule has 0 saturated heterocycles. The minimum absolute atomic E-state index is 0.299. The van der Waals surface area contributed by atoms with Gasteiger partial charge in [0.2, 0.25) is 0 Å². The zero-order valence-corrected chi connectivity index (χ0v) is 17.9. The van der Waals surface area contributed by atoms with Gasteiger partial charge in [0.05, 0.1) is 0 Å². The summed E-state index contributed by atoms with van der Waals surface area (Å²) in [6.45, 7) is 0. The van der Waals surface area contributed by atoms with Gasteiger partial charge in [-0.15, -0.1) is 0 Å². The van der Waals surface area contributed by atoms with Gasteiger partial charge in [-0.25, -0.2) is 0 Å². The Morgan fingerprint density at radius 2 is 1.81 bits per heavy atom. The van der Waals surface area contributed by atoms with Crippen LogP contribution >= 0.6 is 54.5 Å². The van der Waals surface area contributed by atoms with E-state index >= 15 is 0 Å². The zero-order chi connectivity index (χ0) is 18.9. The molecular weight excluding hydrogens is 544 g/mol. The fraction of sp³-hybridized carbons (Fsp3) is 0.0667. The summed E-state index contributed by atoms with van der Waals surface area (Å²) < 4.78 is 67.2. The molecule has 3 aromatic rings. The third-order valence-corrected chi connectivity index (χ3v) is 13.2. The van der Waals surface area contributed by atoms with Gasteiger partial charge >= 0.3 is 169 Å². The number of alkyl halides is 3. The topological polar surface area (TPSA) is 43.4 Å². The van der Waals surface area contributed by atoms with Crippen molar-refractivity contribution < 1.29 is 24.1 Å². The standard InChI is InChI=1S/C15H9ClF3IO3S3/c16-10-3-1-4-11(9-10)20(23-26(21,22)15(17,18)19)14-7-6-13(25-14)12-5-2-8-24-12/h1-9H. The van der Waals surface area contributed by atoms with Gasteiger partial charge in [-0.2, -0.15) is 0 Å². The molecule has 0 unspecified atom stereocenters. The van der Waals surface area contributed by atoms with E-state index in [1.165, 1.54) is 34.8 Å². The third-order valence-electron chi connectivity index (χ3n) is 2.92. The van der Waals surface area contributed by atoms with Crippen LogP contribution in [0.4, 0.5) is 13.2 Å². The monoisotopic (exact) mass is 552 g/mol. The van der Waals surface area contributed by atoms with Crippen LogP contribution in [0.3, 0.4) is 0 Å². The maximum atomic E-state index is 12.8. The molecule has 0 bridgehead atoms. The summed E-state index contributed by atoms with van der Waals surface area (Å²) in [6, 6.07) is 13.2. The number of halogens is 5. The second kappa shape index (κ2) is 7.76. The van der Waals surface area contributed by atoms with E-state index in [-0.39, 0.29) is 0 Å². The second-order valence-electron chi connectivity index (χ2n) is 4.73. The predicted molar refractivity (Wildman–Crippen MR) is 107 cm³/mol. The van der Waals surface area contributed by atoms with E-state index in [9.17, 15) is 21.6 Å². The average Bonchev–Trinajstić information content (AvgIpc) is 3.22. The molecule has 0 amide bonds. The first-order valence-electron chi connectivity index (χ1n) is 6.78. The molecule has 3 nitrogen and oxygen atoms in total. The molecule has 0 radical (unpaired) electrons. The van der Waals surface area contributed by atoms with E-state index in [1.54, 1.807) is 24.3 Å². The zero-order valence-electron chi connectivity index (χ0n) is 12.5. The first-order chi connectivity index (χ1) is 12.2. The van der Waals surface area contributed by atoms with Crippen LogP contribution in [0.2, 0.25) is 5.02 Å². The molecule has 0 aliphatic rings. The van der Waals surface area contributed by atoms with Gasteiger partial charge < -0.3 is 0 Å². The SMILES string of the molecule is O=S(=O)(OI(c1cccc(Cl)c1)c1ccc(-c2cccs2)s1)C(F)(F)F. The van der Waals surface area contributed by atoms with Crippen molar-refractivity contribution in [2.75, 3.05) is 0 Å². The van der Waals surface area contributed by atoms with Gasteiger partial charge in [0.25, 0.3) is 0 Å². The molecule has 1 aromatic carbocycles. The van der Waals surface area contributed by atoms with Crippen molar-refractivity contribution in [2.45, 2.75) is 5.51 Å². The third kappa shape index (κ3) is 4.42. The fourth-order valence-corrected chi connectivity index (χ4v) is 12.1. The normalized spacial score (nSPS) is 13.0. The van der Waals surface area contributed by atoms with Crippen LogP contribution in [0.1, 0.15) is 0 Å². The number of thiophene rings is 2. The van der Waals surface area contributed by atoms with Crippen molar-refractivity contribution in [2.24, 2.45) is 0 Å². The van der Waals surface area contributed by atoms with Crippen LogP contribution in [0, 0.1) is 6.45 Å². The van der Waals surface area contributed by atoms with Crippen molar-refractivity contribution in [1.29, 1.82) is 0 Å². The van der Waals surface area contributed by atoms with Crippen molar-refractivity contribution in [3.8, 4) is 9.75 Å². The van der Waals surface area contributed by atoms with Crippen LogP contribution < -0.4 is 0 Å². The molecule has 2 heterocycles. The Labute approximate surface area is 168 Å². The number of hydrogen-bond donors (Lipinski definition) is 0. The molecule has 0 atom stereocenters. The first-order valence-corrected chi connectivity index (χ1v) is 13.3. The van der Waals surface area contributed by atoms with Gasteiger partial charge in [0.15, 0.2) is 0 Å². The van der Waals surface area contributed by atoms with Crippen molar-refractivity contribution in [3.63, 3.8) is 0 Å². The summed E-state index contributed by atoms with van der Waals surface area (Å²) in [5.74, 6) is 0. The first kappa shape index (κ1) is 20.1. The Morgan fingerprint density at radius 3 is 2.42 bits per heavy atom. The molecule has 0 fully saturated rings. The molecule has 0 aliphatic heterocycles. The van der Waals surface area contributed by atoms with E-state index in [2.05, 4.69) is 0 Å². The van der Waals surface area contributed by atoms with Gasteiger partial charge in [-0.05, 0) is 0 Å². The molecule has 11 heteroatoms. The molecule has 140 valence electrons. The van der Waals surface area contributed by atoms with E-state index in [4.69, 9.17) is 14.1 Å². The summed E-state index contributed by atoms with van der Waals surface area (Å²) in [5.41, 5.74) is -5.48. The summed E-state index contributed by atoms with van der Waals surface area (Å²) in [6.07, 6.45) is 0. The Balaban J connectivity index is 2.04. The van der Waals surface area contributed by atoms with Gasteiger partial charge in [-0.1, -0.05) is 0 Å². The molecule has 0 aliphatic carbocycles.